The number of pyridine rings is 1. The molecule has 0 bridgehead atoms. The fraction of sp³-hybridized carbons (Fsp3) is 0.0476. The highest BCUT2D eigenvalue weighted by molar-refractivity contribution is 7.92. The number of aromatic nitrogens is 1. The summed E-state index contributed by atoms with van der Waals surface area (Å²) < 4.78 is 46.4. The molecule has 0 atom stereocenters. The van der Waals surface area contributed by atoms with E-state index in [1.807, 2.05) is 0 Å². The van der Waals surface area contributed by atoms with Gasteiger partial charge in [0.1, 0.15) is 22.1 Å². The van der Waals surface area contributed by atoms with Crippen molar-refractivity contribution in [1.82, 2.24) is 4.98 Å². The number of hydrogen-bond acceptors (Lipinski definition) is 6. The van der Waals surface area contributed by atoms with Crippen LogP contribution in [0.4, 0.5) is 15.8 Å². The molecule has 3 N–H and O–H groups in total. The summed E-state index contributed by atoms with van der Waals surface area (Å²) >= 11 is 5.77. The van der Waals surface area contributed by atoms with Crippen molar-refractivity contribution in [2.24, 2.45) is 0 Å². The Hall–Kier alpha value is -3.63. The second-order valence-corrected chi connectivity index (χ2v) is 8.66. The maximum Gasteiger partial charge on any atom is 0.283 e. The lowest BCUT2D eigenvalue weighted by Gasteiger charge is -2.14. The molecule has 0 radical (unpaired) electrons. The standard InChI is InChI=1S/C21H17ClFN3O5S/c1-12-9-17(26-32(29,30)19-8-3-14(22)10-18(19)27)21(24-11-12)31-16-6-4-15(5-7-16)25-20(28)13(2)23/h3-11,26-27H,2H2,1H3,(H,25,28). The van der Waals surface area contributed by atoms with Crippen molar-refractivity contribution < 1.29 is 27.4 Å². The van der Waals surface area contributed by atoms with Crippen LogP contribution in [0.15, 0.2) is 72.0 Å². The quantitative estimate of drug-likeness (QED) is 0.422. The number of carbonyl (C=O) groups is 1. The molecule has 0 fully saturated rings. The number of benzene rings is 2. The number of nitrogens with one attached hydrogen (secondary N) is 2. The summed E-state index contributed by atoms with van der Waals surface area (Å²) in [5, 5.41) is 12.5. The number of phenols is 1. The summed E-state index contributed by atoms with van der Waals surface area (Å²) in [5.74, 6) is -2.39. The summed E-state index contributed by atoms with van der Waals surface area (Å²) in [6.07, 6.45) is 1.48. The molecule has 1 amide bonds. The molecule has 0 saturated heterocycles. The summed E-state index contributed by atoms with van der Waals surface area (Å²) in [6.45, 7) is 4.63. The summed E-state index contributed by atoms with van der Waals surface area (Å²) in [7, 11) is -4.19. The SMILES string of the molecule is C=C(F)C(=O)Nc1ccc(Oc2ncc(C)cc2NS(=O)(=O)c2ccc(Cl)cc2O)cc1. The number of aryl methyl sites for hydroxylation is 1. The normalized spacial score (nSPS) is 11.0. The van der Waals surface area contributed by atoms with Gasteiger partial charge in [0.2, 0.25) is 5.88 Å². The molecular weight excluding hydrogens is 461 g/mol. The molecule has 11 heteroatoms. The highest BCUT2D eigenvalue weighted by atomic mass is 35.5. The second kappa shape index (κ2) is 9.25. The molecular formula is C21H17ClFN3O5S. The predicted molar refractivity (Wildman–Crippen MR) is 118 cm³/mol. The molecule has 32 heavy (non-hydrogen) atoms. The van der Waals surface area contributed by atoms with E-state index in [1.165, 1.54) is 48.7 Å². The van der Waals surface area contributed by atoms with Crippen molar-refractivity contribution in [3.8, 4) is 17.4 Å². The molecule has 1 heterocycles. The van der Waals surface area contributed by atoms with Crippen LogP contribution in [0.25, 0.3) is 0 Å². The van der Waals surface area contributed by atoms with Gasteiger partial charge in [-0.25, -0.2) is 17.8 Å². The lowest BCUT2D eigenvalue weighted by molar-refractivity contribution is -0.114. The van der Waals surface area contributed by atoms with Crippen molar-refractivity contribution >= 4 is 38.9 Å². The maximum absolute atomic E-state index is 12.8. The van der Waals surface area contributed by atoms with E-state index in [0.717, 1.165) is 6.07 Å². The molecule has 8 nitrogen and oxygen atoms in total. The third-order valence-corrected chi connectivity index (χ3v) is 5.66. The van der Waals surface area contributed by atoms with Crippen LogP contribution >= 0.6 is 11.6 Å². The molecule has 0 unspecified atom stereocenters. The summed E-state index contributed by atoms with van der Waals surface area (Å²) in [6, 6.07) is 11.0. The van der Waals surface area contributed by atoms with Crippen LogP contribution in [-0.2, 0) is 14.8 Å². The predicted octanol–water partition coefficient (Wildman–Crippen LogP) is 4.76. The molecule has 0 aliphatic rings. The number of ether oxygens (including phenoxy) is 1. The van der Waals surface area contributed by atoms with Gasteiger partial charge in [0, 0.05) is 16.9 Å². The van der Waals surface area contributed by atoms with Crippen LogP contribution in [0.5, 0.6) is 17.4 Å². The monoisotopic (exact) mass is 477 g/mol. The number of halogens is 2. The average molecular weight is 478 g/mol. The molecule has 0 aliphatic carbocycles. The van der Waals surface area contributed by atoms with Crippen LogP contribution < -0.4 is 14.8 Å². The van der Waals surface area contributed by atoms with Gasteiger partial charge in [-0.05, 0) is 61.0 Å². The average Bonchev–Trinajstić information content (AvgIpc) is 2.70. The number of nitrogens with zero attached hydrogens (tertiary/aromatic N) is 1. The molecule has 3 rings (SSSR count). The highest BCUT2D eigenvalue weighted by Gasteiger charge is 2.22. The molecule has 166 valence electrons. The molecule has 3 aromatic rings. The van der Waals surface area contributed by atoms with Crippen molar-refractivity contribution in [2.45, 2.75) is 11.8 Å². The van der Waals surface area contributed by atoms with Gasteiger partial charge in [0.25, 0.3) is 15.9 Å². The highest BCUT2D eigenvalue weighted by Crippen LogP contribution is 2.33. The van der Waals surface area contributed by atoms with Crippen LogP contribution in [0.2, 0.25) is 5.02 Å². The molecule has 1 aromatic heterocycles. The third-order valence-electron chi connectivity index (χ3n) is 4.02. The van der Waals surface area contributed by atoms with Gasteiger partial charge in [-0.15, -0.1) is 0 Å². The zero-order valence-electron chi connectivity index (χ0n) is 16.6. The lowest BCUT2D eigenvalue weighted by Crippen LogP contribution is -2.14. The number of sulfonamides is 1. The van der Waals surface area contributed by atoms with Crippen LogP contribution in [0.3, 0.4) is 0 Å². The van der Waals surface area contributed by atoms with Gasteiger partial charge >= 0.3 is 0 Å². The molecule has 0 saturated carbocycles. The zero-order valence-corrected chi connectivity index (χ0v) is 18.2. The summed E-state index contributed by atoms with van der Waals surface area (Å²) in [5.41, 5.74) is 0.988. The number of rotatable bonds is 7. The van der Waals surface area contributed by atoms with Crippen molar-refractivity contribution in [3.05, 3.63) is 77.7 Å². The van der Waals surface area contributed by atoms with Gasteiger partial charge in [-0.1, -0.05) is 18.2 Å². The number of hydrogen-bond donors (Lipinski definition) is 3. The largest absolute Gasteiger partial charge is 0.506 e. The van der Waals surface area contributed by atoms with Crippen molar-refractivity contribution in [3.63, 3.8) is 0 Å². The van der Waals surface area contributed by atoms with E-state index >= 15 is 0 Å². The minimum Gasteiger partial charge on any atom is -0.506 e. The Bertz CT molecular complexity index is 1300. The number of carbonyl (C=O) groups excluding carboxylic acids is 1. The first-order valence-electron chi connectivity index (χ1n) is 8.97. The Morgan fingerprint density at radius 3 is 2.50 bits per heavy atom. The van der Waals surface area contributed by atoms with Gasteiger partial charge < -0.3 is 15.2 Å². The minimum atomic E-state index is -4.19. The number of aromatic hydroxyl groups is 1. The first kappa shape index (κ1) is 23.0. The molecule has 0 aliphatic heterocycles. The van der Waals surface area contributed by atoms with Crippen molar-refractivity contribution in [2.75, 3.05) is 10.0 Å². The van der Waals surface area contributed by atoms with Crippen LogP contribution in [0, 0.1) is 6.92 Å². The third kappa shape index (κ3) is 5.54. The van der Waals surface area contributed by atoms with Crippen LogP contribution in [0.1, 0.15) is 5.56 Å². The topological polar surface area (TPSA) is 118 Å². The Kier molecular flexibility index (Phi) is 6.66. The van der Waals surface area contributed by atoms with E-state index in [4.69, 9.17) is 16.3 Å². The van der Waals surface area contributed by atoms with E-state index in [-0.39, 0.29) is 27.2 Å². The second-order valence-electron chi connectivity index (χ2n) is 6.57. The van der Waals surface area contributed by atoms with Gasteiger partial charge in [-0.3, -0.25) is 9.52 Å². The molecule has 2 aromatic carbocycles. The number of phenolic OH excluding ortho intramolecular Hbond substituents is 1. The van der Waals surface area contributed by atoms with E-state index in [0.29, 0.717) is 11.3 Å². The van der Waals surface area contributed by atoms with Gasteiger partial charge in [0.05, 0.1) is 0 Å². The zero-order chi connectivity index (χ0) is 23.5. The van der Waals surface area contributed by atoms with Gasteiger partial charge in [-0.2, -0.15) is 0 Å². The fourth-order valence-electron chi connectivity index (χ4n) is 2.55. The molecule has 0 spiro atoms. The lowest BCUT2D eigenvalue weighted by atomic mass is 10.3. The Morgan fingerprint density at radius 2 is 1.88 bits per heavy atom. The summed E-state index contributed by atoms with van der Waals surface area (Å²) in [4.78, 5) is 15.1. The number of amides is 1. The first-order valence-corrected chi connectivity index (χ1v) is 10.8. The smallest absolute Gasteiger partial charge is 0.283 e. The number of anilines is 2. The van der Waals surface area contributed by atoms with E-state index in [9.17, 15) is 22.7 Å². The Labute approximate surface area is 188 Å². The minimum absolute atomic E-state index is 0.0328. The fourth-order valence-corrected chi connectivity index (χ4v) is 3.84. The first-order chi connectivity index (χ1) is 15.0. The Balaban J connectivity index is 1.85. The van der Waals surface area contributed by atoms with E-state index < -0.39 is 27.5 Å². The van der Waals surface area contributed by atoms with Crippen LogP contribution in [-0.4, -0.2) is 24.4 Å². The Morgan fingerprint density at radius 1 is 1.19 bits per heavy atom. The van der Waals surface area contributed by atoms with Gasteiger partial charge in [0.15, 0.2) is 5.83 Å². The van der Waals surface area contributed by atoms with E-state index in [1.54, 1.807) is 6.92 Å². The van der Waals surface area contributed by atoms with Crippen molar-refractivity contribution in [1.29, 1.82) is 0 Å². The van der Waals surface area contributed by atoms with E-state index in [2.05, 4.69) is 21.6 Å². The maximum atomic E-state index is 12.8.